The number of rotatable bonds is 13. The fourth-order valence-electron chi connectivity index (χ4n) is 6.77. The number of hydrogen-bond donors (Lipinski definition) is 2. The van der Waals surface area contributed by atoms with Gasteiger partial charge in [-0.2, -0.15) is 5.10 Å². The van der Waals surface area contributed by atoms with Crippen molar-refractivity contribution < 1.29 is 27.9 Å². The maximum absolute atomic E-state index is 14.7. The van der Waals surface area contributed by atoms with Crippen LogP contribution in [-0.4, -0.2) is 76.6 Å². The molecular formula is C41H44ClN5O6S. The summed E-state index contributed by atoms with van der Waals surface area (Å²) in [5, 5.41) is 16.8. The summed E-state index contributed by atoms with van der Waals surface area (Å²) in [6.45, 7) is 6.77. The molecule has 11 nitrogen and oxygen atoms in total. The first-order chi connectivity index (χ1) is 26.0. The predicted molar refractivity (Wildman–Crippen MR) is 209 cm³/mol. The van der Waals surface area contributed by atoms with Crippen LogP contribution in [0.1, 0.15) is 87.6 Å². The quantitative estimate of drug-likeness (QED) is 0.136. The fourth-order valence-corrected chi connectivity index (χ4v) is 7.98. The van der Waals surface area contributed by atoms with Gasteiger partial charge in [0.2, 0.25) is 0 Å². The number of nitrogens with zero attached hydrogens (tertiary/aromatic N) is 4. The number of unbranched alkanes of at least 4 members (excludes halogenated alkanes) is 2. The first-order valence-corrected chi connectivity index (χ1v) is 20.1. The highest BCUT2D eigenvalue weighted by atomic mass is 35.5. The van der Waals surface area contributed by atoms with E-state index in [0.717, 1.165) is 42.2 Å². The molecule has 0 unspecified atom stereocenters. The summed E-state index contributed by atoms with van der Waals surface area (Å²) in [7, 11) is -4.31. The van der Waals surface area contributed by atoms with Crippen molar-refractivity contribution in [1.29, 1.82) is 0 Å². The van der Waals surface area contributed by atoms with Gasteiger partial charge in [0.15, 0.2) is 5.69 Å². The third-order valence-corrected chi connectivity index (χ3v) is 11.7. The van der Waals surface area contributed by atoms with Gasteiger partial charge in [0.25, 0.3) is 27.7 Å². The number of halogens is 1. The van der Waals surface area contributed by atoms with Crippen LogP contribution in [0.4, 0.5) is 0 Å². The van der Waals surface area contributed by atoms with Crippen LogP contribution in [0.25, 0.3) is 16.5 Å². The third kappa shape index (κ3) is 7.91. The van der Waals surface area contributed by atoms with Crippen molar-refractivity contribution in [2.75, 3.05) is 19.7 Å². The second-order valence-electron chi connectivity index (χ2n) is 13.6. The number of carbonyl (C=O) groups excluding carboxylic acids is 3. The van der Waals surface area contributed by atoms with E-state index in [1.54, 1.807) is 34.9 Å². The lowest BCUT2D eigenvalue weighted by Crippen LogP contribution is -2.46. The van der Waals surface area contributed by atoms with Crippen molar-refractivity contribution in [3.8, 4) is 5.69 Å². The lowest BCUT2D eigenvalue weighted by Gasteiger charge is -2.36. The number of carbonyl (C=O) groups is 3. The average Bonchev–Trinajstić information content (AvgIpc) is 3.48. The zero-order chi connectivity index (χ0) is 38.6. The van der Waals surface area contributed by atoms with Crippen LogP contribution < -0.4 is 4.72 Å². The lowest BCUT2D eigenvalue weighted by molar-refractivity contribution is 0.0544. The molecule has 4 aromatic carbocycles. The minimum atomic E-state index is -4.31. The predicted octanol–water partition coefficient (Wildman–Crippen LogP) is 6.71. The number of fused-ring (bicyclic) bond motifs is 2. The normalized spacial score (nSPS) is 14.2. The Bertz CT molecular complexity index is 2320. The molecule has 5 aromatic rings. The minimum absolute atomic E-state index is 0.0127. The summed E-state index contributed by atoms with van der Waals surface area (Å²) in [5.41, 5.74) is 2.53. The number of aliphatic hydroxyl groups excluding tert-OH is 1. The van der Waals surface area contributed by atoms with Crippen LogP contribution >= 0.6 is 11.6 Å². The van der Waals surface area contributed by atoms with Gasteiger partial charge in [-0.25, -0.2) is 17.8 Å². The topological polar surface area (TPSA) is 142 Å². The molecule has 1 aliphatic heterocycles. The van der Waals surface area contributed by atoms with Crippen LogP contribution in [0.5, 0.6) is 0 Å². The molecule has 282 valence electrons. The van der Waals surface area contributed by atoms with Gasteiger partial charge in [-0.05, 0) is 78.4 Å². The van der Waals surface area contributed by atoms with Crippen LogP contribution in [0.2, 0.25) is 5.02 Å². The molecule has 1 aliphatic rings. The van der Waals surface area contributed by atoms with E-state index >= 15 is 0 Å². The van der Waals surface area contributed by atoms with E-state index in [4.69, 9.17) is 11.6 Å². The summed E-state index contributed by atoms with van der Waals surface area (Å²) in [6, 6.07) is 23.2. The maximum atomic E-state index is 14.7. The number of nitrogens with one attached hydrogen (secondary N) is 1. The standard InChI is InChI=1S/C41H44ClN5O6S/c1-4-6-20-45(21-7-5-2)41(51)38-37(42)27(3)47(43-38)36-19-17-31(39(49)44-54(52,53)34-18-16-28-12-8-9-14-30(28)23-34)24-35(36)40(50)46-25-32-15-11-10-13-29(32)22-33(46)26-48/h8-19,23-24,33,48H,4-7,20-22,25-26H2,1-3H3,(H,44,49)/t33-/m1/s1. The summed E-state index contributed by atoms with van der Waals surface area (Å²) in [5.74, 6) is -1.78. The molecule has 0 spiro atoms. The highest BCUT2D eigenvalue weighted by molar-refractivity contribution is 7.90. The van der Waals surface area contributed by atoms with Crippen LogP contribution in [-0.2, 0) is 23.0 Å². The van der Waals surface area contributed by atoms with Crippen LogP contribution in [0, 0.1) is 6.92 Å². The van der Waals surface area contributed by atoms with E-state index in [9.17, 15) is 27.9 Å². The second-order valence-corrected chi connectivity index (χ2v) is 15.6. The van der Waals surface area contributed by atoms with Gasteiger partial charge in [0, 0.05) is 25.2 Å². The first kappa shape index (κ1) is 38.7. The van der Waals surface area contributed by atoms with Gasteiger partial charge in [-0.3, -0.25) is 14.4 Å². The molecular weight excluding hydrogens is 726 g/mol. The molecule has 2 N–H and O–H groups in total. The maximum Gasteiger partial charge on any atom is 0.275 e. The Morgan fingerprint density at radius 1 is 0.907 bits per heavy atom. The molecule has 3 amide bonds. The van der Waals surface area contributed by atoms with Gasteiger partial charge in [-0.15, -0.1) is 0 Å². The largest absolute Gasteiger partial charge is 0.394 e. The Morgan fingerprint density at radius 3 is 2.26 bits per heavy atom. The second kappa shape index (κ2) is 16.5. The summed E-state index contributed by atoms with van der Waals surface area (Å²) >= 11 is 6.81. The molecule has 0 bridgehead atoms. The van der Waals surface area contributed by atoms with Gasteiger partial charge >= 0.3 is 0 Å². The van der Waals surface area contributed by atoms with E-state index in [1.165, 1.54) is 35.0 Å². The molecule has 6 rings (SSSR count). The molecule has 54 heavy (non-hydrogen) atoms. The van der Waals surface area contributed by atoms with Crippen molar-refractivity contribution in [2.45, 2.75) is 70.4 Å². The zero-order valence-electron chi connectivity index (χ0n) is 30.6. The number of benzene rings is 4. The van der Waals surface area contributed by atoms with Crippen LogP contribution in [0.3, 0.4) is 0 Å². The SMILES string of the molecule is CCCCN(CCCC)C(=O)c1nn(-c2ccc(C(=O)NS(=O)(=O)c3ccc4ccccc4c3)cc2C(=O)N2Cc3ccccc3C[C@@H]2CO)c(C)c1Cl. The molecule has 0 aliphatic carbocycles. The molecule has 1 aromatic heterocycles. The summed E-state index contributed by atoms with van der Waals surface area (Å²) < 4.78 is 30.5. The molecule has 0 saturated carbocycles. The van der Waals surface area contributed by atoms with Gasteiger partial charge in [-0.1, -0.05) is 92.9 Å². The van der Waals surface area contributed by atoms with E-state index in [2.05, 4.69) is 23.7 Å². The van der Waals surface area contributed by atoms with E-state index < -0.39 is 27.9 Å². The Hall–Kier alpha value is -5.04. The number of aliphatic hydroxyl groups is 1. The minimum Gasteiger partial charge on any atom is -0.394 e. The summed E-state index contributed by atoms with van der Waals surface area (Å²) in [6.07, 6.45) is 3.85. The first-order valence-electron chi connectivity index (χ1n) is 18.2. The van der Waals surface area contributed by atoms with E-state index in [1.807, 2.05) is 36.4 Å². The van der Waals surface area contributed by atoms with Crippen LogP contribution in [0.15, 0.2) is 89.8 Å². The lowest BCUT2D eigenvalue weighted by atomic mass is 9.93. The highest BCUT2D eigenvalue weighted by Crippen LogP contribution is 2.31. The van der Waals surface area contributed by atoms with Gasteiger partial charge in [0.1, 0.15) is 0 Å². The van der Waals surface area contributed by atoms with Crippen molar-refractivity contribution in [2.24, 2.45) is 0 Å². The van der Waals surface area contributed by atoms with E-state index in [0.29, 0.717) is 30.6 Å². The monoisotopic (exact) mass is 769 g/mol. The Morgan fingerprint density at radius 2 is 1.57 bits per heavy atom. The fraction of sp³-hybridized carbons (Fsp3) is 0.317. The highest BCUT2D eigenvalue weighted by Gasteiger charge is 2.33. The Kier molecular flexibility index (Phi) is 11.8. The van der Waals surface area contributed by atoms with Crippen molar-refractivity contribution in [3.05, 3.63) is 124 Å². The van der Waals surface area contributed by atoms with Crippen molar-refractivity contribution in [3.63, 3.8) is 0 Å². The van der Waals surface area contributed by atoms with Crippen molar-refractivity contribution in [1.82, 2.24) is 24.3 Å². The molecule has 0 fully saturated rings. The zero-order valence-corrected chi connectivity index (χ0v) is 32.2. The van der Waals surface area contributed by atoms with Gasteiger partial charge in [0.05, 0.1) is 39.5 Å². The Balaban J connectivity index is 1.41. The van der Waals surface area contributed by atoms with Gasteiger partial charge < -0.3 is 14.9 Å². The average molecular weight is 770 g/mol. The smallest absolute Gasteiger partial charge is 0.275 e. The molecule has 2 heterocycles. The molecule has 0 radical (unpaired) electrons. The number of sulfonamides is 1. The third-order valence-electron chi connectivity index (χ3n) is 9.90. The molecule has 1 atom stereocenters. The number of hydrogen-bond acceptors (Lipinski definition) is 7. The Labute approximate surface area is 320 Å². The molecule has 0 saturated heterocycles. The number of amides is 3. The van der Waals surface area contributed by atoms with E-state index in [-0.39, 0.29) is 51.5 Å². The summed E-state index contributed by atoms with van der Waals surface area (Å²) in [4.78, 5) is 45.4. The van der Waals surface area contributed by atoms with Crippen molar-refractivity contribution >= 4 is 50.1 Å². The molecule has 13 heteroatoms. The number of aromatic nitrogens is 2.